The number of β-lactam (4-membered cyclic amide) rings is 1. The second-order valence-corrected chi connectivity index (χ2v) is 13.9. The minimum absolute atomic E-state index is 0.0318. The molecule has 20 nitrogen and oxygen atoms in total. The van der Waals surface area contributed by atoms with Gasteiger partial charge in [0.1, 0.15) is 21.6 Å². The zero-order valence-electron chi connectivity index (χ0n) is 25.1. The number of nitrogens with zero attached hydrogens (tertiary/aromatic N) is 6. The predicted molar refractivity (Wildman–Crippen MR) is 166 cm³/mol. The molecule has 1 unspecified atom stereocenters. The number of nitrogens with one attached hydrogen (secondary N) is 2. The normalized spacial score (nSPS) is 17.6. The molecule has 4 rings (SSSR count). The van der Waals surface area contributed by atoms with Gasteiger partial charge >= 0.3 is 16.3 Å². The Bertz CT molecular complexity index is 1830. The molecule has 3 atom stereocenters. The Morgan fingerprint density at radius 2 is 2.02 bits per heavy atom. The lowest BCUT2D eigenvalue weighted by atomic mass is 9.98. The van der Waals surface area contributed by atoms with Gasteiger partial charge in [0.25, 0.3) is 17.7 Å². The number of hydrogen-bond donors (Lipinski definition) is 7. The van der Waals surface area contributed by atoms with Gasteiger partial charge in [0.05, 0.1) is 30.5 Å². The highest BCUT2D eigenvalue weighted by molar-refractivity contribution is 7.84. The molecule has 0 bridgehead atoms. The van der Waals surface area contributed by atoms with Crippen LogP contribution in [0.5, 0.6) is 0 Å². The number of carboxylic acid groups (broad SMARTS) is 1. The summed E-state index contributed by atoms with van der Waals surface area (Å²) in [5, 5.41) is 19.6. The van der Waals surface area contributed by atoms with Crippen LogP contribution in [0.4, 0.5) is 5.13 Å². The van der Waals surface area contributed by atoms with E-state index in [9.17, 15) is 37.3 Å². The molecular formula is C24H32N11O9S3+. The van der Waals surface area contributed by atoms with Crippen molar-refractivity contribution < 1.29 is 46.8 Å². The molecular weight excluding hydrogens is 683 g/mol. The van der Waals surface area contributed by atoms with Crippen LogP contribution in [-0.2, 0) is 43.1 Å². The van der Waals surface area contributed by atoms with Gasteiger partial charge in [-0.2, -0.15) is 13.1 Å². The van der Waals surface area contributed by atoms with Gasteiger partial charge < -0.3 is 37.8 Å². The number of nitrogens with two attached hydrogens (primary N) is 3. The Balaban J connectivity index is 1.50. The zero-order chi connectivity index (χ0) is 34.8. The number of carbonyl (C=O) groups is 4. The summed E-state index contributed by atoms with van der Waals surface area (Å²) < 4.78 is 37.3. The zero-order valence-corrected chi connectivity index (χ0v) is 27.5. The first-order chi connectivity index (χ1) is 21.9. The molecule has 1 fully saturated rings. The molecule has 0 radical (unpaired) electrons. The first-order valence-corrected chi connectivity index (χ1v) is 16.6. The molecule has 47 heavy (non-hydrogen) atoms. The van der Waals surface area contributed by atoms with E-state index >= 15 is 0 Å². The number of amides is 3. The number of carbonyl (C=O) groups excluding carboxylic acids is 3. The van der Waals surface area contributed by atoms with Crippen LogP contribution >= 0.6 is 22.7 Å². The monoisotopic (exact) mass is 714 g/mol. The molecule has 0 spiro atoms. The number of hydrogen-bond acceptors (Lipinski definition) is 15. The van der Waals surface area contributed by atoms with Crippen molar-refractivity contribution in [3.05, 3.63) is 34.5 Å². The van der Waals surface area contributed by atoms with Gasteiger partial charge in [-0.25, -0.2) is 19.1 Å². The predicted octanol–water partition coefficient (Wildman–Crippen LogP) is -2.73. The lowest BCUT2D eigenvalue weighted by molar-refractivity contribution is -0.753. The number of carboxylic acids is 1. The van der Waals surface area contributed by atoms with Gasteiger partial charge in [0, 0.05) is 24.5 Å². The Morgan fingerprint density at radius 1 is 1.32 bits per heavy atom. The maximum absolute atomic E-state index is 13.3. The molecule has 0 saturated carbocycles. The van der Waals surface area contributed by atoms with Gasteiger partial charge in [-0.3, -0.25) is 18.9 Å². The second-order valence-electron chi connectivity index (χ2n) is 10.7. The minimum atomic E-state index is -5.10. The van der Waals surface area contributed by atoms with Crippen LogP contribution in [0.25, 0.3) is 10.6 Å². The van der Waals surface area contributed by atoms with E-state index in [1.54, 1.807) is 24.1 Å². The average molecular weight is 715 g/mol. The fraction of sp³-hybridized carbons (Fsp3) is 0.417. The first kappa shape index (κ1) is 35.3. The molecule has 23 heteroatoms. The van der Waals surface area contributed by atoms with Crippen molar-refractivity contribution in [1.29, 1.82) is 0 Å². The molecule has 0 aromatic carbocycles. The van der Waals surface area contributed by atoms with E-state index < -0.39 is 63.9 Å². The van der Waals surface area contributed by atoms with Crippen LogP contribution in [0.3, 0.4) is 0 Å². The maximum Gasteiger partial charge on any atom is 0.362 e. The lowest BCUT2D eigenvalue weighted by Crippen LogP contribution is -2.74. The summed E-state index contributed by atoms with van der Waals surface area (Å²) >= 11 is 1.97. The quantitative estimate of drug-likeness (QED) is 0.0293. The van der Waals surface area contributed by atoms with Crippen molar-refractivity contribution in [1.82, 2.24) is 29.6 Å². The fourth-order valence-corrected chi connectivity index (χ4v) is 6.37. The van der Waals surface area contributed by atoms with Crippen molar-refractivity contribution in [3.63, 3.8) is 0 Å². The summed E-state index contributed by atoms with van der Waals surface area (Å²) in [6.45, 7) is 2.55. The van der Waals surface area contributed by atoms with Crippen molar-refractivity contribution in [2.75, 3.05) is 18.8 Å². The van der Waals surface area contributed by atoms with E-state index in [1.165, 1.54) is 25.4 Å². The van der Waals surface area contributed by atoms with Gasteiger partial charge in [-0.05, 0) is 13.8 Å². The van der Waals surface area contributed by atoms with Crippen molar-refractivity contribution in [3.8, 4) is 10.6 Å². The van der Waals surface area contributed by atoms with E-state index in [1.807, 2.05) is 4.68 Å². The fourth-order valence-electron chi connectivity index (χ4n) is 4.14. The van der Waals surface area contributed by atoms with Gasteiger partial charge in [-0.1, -0.05) is 5.16 Å². The number of aryl methyl sites for hydroxylation is 1. The standard InChI is InChI=1S/C24H31N11O9S3/c1-24(2,22(39)40)44-32-16(13-10-45-23(27)30-13)19(37)31-17-14(35(21(17)38)47(41,42)43)5-28-18(36)15-6-29-20(46-15)11-7-33(3)34(8-11)9-12(26)4-25/h6-8,10,12,14,17H,4-5,9,25-26H2,1-3H3,(H5-,27,28,30,31,36,37,39,40,41,42,43)/p+1/b32-16-/t12?,14-,17+/m1/s1. The van der Waals surface area contributed by atoms with E-state index in [4.69, 9.17) is 22.0 Å². The first-order valence-electron chi connectivity index (χ1n) is 13.5. The topological polar surface area (TPSA) is 304 Å². The van der Waals surface area contributed by atoms with Gasteiger partial charge in [-0.15, -0.1) is 27.4 Å². The van der Waals surface area contributed by atoms with Crippen molar-refractivity contribution in [2.24, 2.45) is 23.7 Å². The molecule has 4 heterocycles. The van der Waals surface area contributed by atoms with Crippen LogP contribution in [0.15, 0.2) is 29.1 Å². The Morgan fingerprint density at radius 3 is 2.62 bits per heavy atom. The van der Waals surface area contributed by atoms with E-state index in [-0.39, 0.29) is 32.6 Å². The van der Waals surface area contributed by atoms with Gasteiger partial charge in [0.2, 0.25) is 11.8 Å². The van der Waals surface area contributed by atoms with E-state index in [0.29, 0.717) is 17.1 Å². The van der Waals surface area contributed by atoms with E-state index in [2.05, 4.69) is 25.8 Å². The largest absolute Gasteiger partial charge is 0.478 e. The average Bonchev–Trinajstić information content (AvgIpc) is 3.73. The SMILES string of the molecule is C[n+]1cc(-c2ncc(C(=O)NC[C@@H]3[C@H](NC(=O)/C(=N\OC(C)(C)C(=O)O)c4csc(N)n4)C(=O)N3S(=O)(=O)O)s2)cn1CC(N)CN. The highest BCUT2D eigenvalue weighted by Crippen LogP contribution is 2.26. The molecule has 3 aromatic heterocycles. The number of nitrogen functional groups attached to an aromatic ring is 1. The molecule has 1 aliphatic heterocycles. The summed E-state index contributed by atoms with van der Waals surface area (Å²) in [5.41, 5.74) is 15.3. The van der Waals surface area contributed by atoms with Gasteiger partial charge in [0.15, 0.2) is 17.9 Å². The van der Waals surface area contributed by atoms with Crippen LogP contribution in [0.1, 0.15) is 29.2 Å². The number of rotatable bonds is 14. The smallest absolute Gasteiger partial charge is 0.362 e. The lowest BCUT2D eigenvalue weighted by Gasteiger charge is -2.44. The highest BCUT2D eigenvalue weighted by Gasteiger charge is 2.54. The molecule has 3 amide bonds. The van der Waals surface area contributed by atoms with Crippen LogP contribution in [0, 0.1) is 0 Å². The molecule has 3 aromatic rings. The number of anilines is 1. The maximum atomic E-state index is 13.3. The number of aliphatic carboxylic acids is 1. The third kappa shape index (κ3) is 7.88. The number of aromatic nitrogens is 4. The molecule has 10 N–H and O–H groups in total. The van der Waals surface area contributed by atoms with Crippen LogP contribution in [0.2, 0.25) is 0 Å². The molecule has 254 valence electrons. The summed E-state index contributed by atoms with van der Waals surface area (Å²) in [5.74, 6) is -4.40. The Hall–Kier alpha value is -4.55. The van der Waals surface area contributed by atoms with Crippen LogP contribution < -0.4 is 32.5 Å². The summed E-state index contributed by atoms with van der Waals surface area (Å²) in [4.78, 5) is 63.9. The Labute approximate surface area is 275 Å². The van der Waals surface area contributed by atoms with Crippen LogP contribution in [-0.4, -0.2) is 103 Å². The van der Waals surface area contributed by atoms with Crippen molar-refractivity contribution in [2.45, 2.75) is 44.1 Å². The molecule has 1 saturated heterocycles. The summed E-state index contributed by atoms with van der Waals surface area (Å²) in [6, 6.07) is -3.30. The Kier molecular flexibility index (Phi) is 10.3. The van der Waals surface area contributed by atoms with E-state index in [0.717, 1.165) is 22.7 Å². The third-order valence-corrected chi connectivity index (χ3v) is 9.42. The number of oxime groups is 1. The highest BCUT2D eigenvalue weighted by atomic mass is 32.2. The third-order valence-electron chi connectivity index (χ3n) is 6.76. The molecule has 0 aliphatic carbocycles. The number of thiazole rings is 2. The molecule has 1 aliphatic rings. The summed E-state index contributed by atoms with van der Waals surface area (Å²) in [6.07, 6.45) is 4.88. The second kappa shape index (κ2) is 13.7. The van der Waals surface area contributed by atoms with Crippen molar-refractivity contribution >= 4 is 67.5 Å². The minimum Gasteiger partial charge on any atom is -0.478 e. The summed E-state index contributed by atoms with van der Waals surface area (Å²) in [7, 11) is -3.30.